The minimum atomic E-state index is -0.0224. The van der Waals surface area contributed by atoms with Gasteiger partial charge in [-0.15, -0.1) is 0 Å². The number of anilines is 2. The van der Waals surface area contributed by atoms with Gasteiger partial charge in [0, 0.05) is 19.0 Å². The van der Waals surface area contributed by atoms with E-state index in [0.717, 1.165) is 55.1 Å². The molecule has 28 heavy (non-hydrogen) atoms. The summed E-state index contributed by atoms with van der Waals surface area (Å²) < 4.78 is 11.4. The molecule has 1 aliphatic carbocycles. The number of furan rings is 1. The molecule has 1 saturated carbocycles. The summed E-state index contributed by atoms with van der Waals surface area (Å²) in [7, 11) is 1.94. The van der Waals surface area contributed by atoms with E-state index in [1.165, 1.54) is 6.42 Å². The maximum atomic E-state index is 12.6. The van der Waals surface area contributed by atoms with Gasteiger partial charge in [-0.25, -0.2) is 0 Å². The van der Waals surface area contributed by atoms with Gasteiger partial charge in [0.15, 0.2) is 0 Å². The molecule has 2 atom stereocenters. The third-order valence-corrected chi connectivity index (χ3v) is 5.53. The zero-order valence-corrected chi connectivity index (χ0v) is 16.7. The van der Waals surface area contributed by atoms with Crippen LogP contribution in [0, 0.1) is 5.92 Å². The van der Waals surface area contributed by atoms with Crippen molar-refractivity contribution in [2.75, 3.05) is 50.1 Å². The maximum absolute atomic E-state index is 12.6. The lowest BCUT2D eigenvalue weighted by atomic mass is 10.2. The normalized spacial score (nSPS) is 21.8. The van der Waals surface area contributed by atoms with Crippen LogP contribution in [0.5, 0.6) is 0 Å². The lowest BCUT2D eigenvalue weighted by Gasteiger charge is -2.30. The molecule has 2 heterocycles. The Balaban J connectivity index is 1.32. The van der Waals surface area contributed by atoms with Crippen LogP contribution in [-0.4, -0.2) is 50.7 Å². The van der Waals surface area contributed by atoms with Crippen molar-refractivity contribution in [3.05, 3.63) is 47.9 Å². The lowest BCUT2D eigenvalue weighted by Crippen LogP contribution is -2.37. The van der Waals surface area contributed by atoms with E-state index in [2.05, 4.69) is 23.2 Å². The van der Waals surface area contributed by atoms with Crippen molar-refractivity contribution >= 4 is 17.3 Å². The fourth-order valence-corrected chi connectivity index (χ4v) is 3.81. The highest BCUT2D eigenvalue weighted by Gasteiger charge is 2.36. The Morgan fingerprint density at radius 1 is 1.21 bits per heavy atom. The van der Waals surface area contributed by atoms with E-state index in [1.54, 1.807) is 0 Å². The number of morpholine rings is 1. The van der Waals surface area contributed by atoms with Crippen molar-refractivity contribution in [2.45, 2.75) is 25.8 Å². The molecule has 1 amide bonds. The van der Waals surface area contributed by atoms with Gasteiger partial charge in [-0.1, -0.05) is 19.1 Å². The largest absolute Gasteiger partial charge is 0.464 e. The molecule has 0 unspecified atom stereocenters. The van der Waals surface area contributed by atoms with Gasteiger partial charge in [0.1, 0.15) is 11.5 Å². The summed E-state index contributed by atoms with van der Waals surface area (Å²) in [5, 5.41) is 3.07. The molecule has 0 radical (unpaired) electrons. The number of hydrogen-bond acceptors (Lipinski definition) is 5. The summed E-state index contributed by atoms with van der Waals surface area (Å²) in [6, 6.07) is 12.1. The molecule has 6 heteroatoms. The molecule has 4 rings (SSSR count). The minimum absolute atomic E-state index is 0.0224. The quantitative estimate of drug-likeness (QED) is 0.795. The molecular formula is C22H29N3O3. The number of ether oxygens (including phenoxy) is 1. The highest BCUT2D eigenvalue weighted by molar-refractivity contribution is 5.95. The average Bonchev–Trinajstić information content (AvgIpc) is 3.24. The number of nitrogens with one attached hydrogen (secondary N) is 1. The highest BCUT2D eigenvalue weighted by Crippen LogP contribution is 2.47. The third-order valence-electron chi connectivity index (χ3n) is 5.53. The van der Waals surface area contributed by atoms with Crippen LogP contribution < -0.4 is 10.2 Å². The van der Waals surface area contributed by atoms with Crippen molar-refractivity contribution < 1.29 is 13.9 Å². The van der Waals surface area contributed by atoms with Crippen molar-refractivity contribution in [3.63, 3.8) is 0 Å². The predicted molar refractivity (Wildman–Crippen MR) is 110 cm³/mol. The monoisotopic (exact) mass is 383 g/mol. The number of nitrogens with zero attached hydrogens (tertiary/aromatic N) is 2. The van der Waals surface area contributed by atoms with Crippen molar-refractivity contribution in [1.29, 1.82) is 0 Å². The molecule has 2 aromatic rings. The van der Waals surface area contributed by atoms with Gasteiger partial charge in [-0.05, 0) is 43.7 Å². The Bertz CT molecular complexity index is 813. The fourth-order valence-electron chi connectivity index (χ4n) is 3.81. The van der Waals surface area contributed by atoms with Crippen LogP contribution in [0.4, 0.5) is 11.4 Å². The molecule has 1 aromatic carbocycles. The second-order valence-corrected chi connectivity index (χ2v) is 7.96. The molecule has 1 aliphatic heterocycles. The molecular weight excluding hydrogens is 354 g/mol. The number of carbonyl (C=O) groups is 1. The summed E-state index contributed by atoms with van der Waals surface area (Å²) in [4.78, 5) is 16.8. The van der Waals surface area contributed by atoms with Gasteiger partial charge in [0.25, 0.3) is 0 Å². The van der Waals surface area contributed by atoms with Gasteiger partial charge >= 0.3 is 0 Å². The smallest absolute Gasteiger partial charge is 0.238 e. The first kappa shape index (κ1) is 19.0. The number of benzene rings is 1. The molecule has 2 aliphatic rings. The summed E-state index contributed by atoms with van der Waals surface area (Å²) in [5.74, 6) is 3.29. The number of amides is 1. The van der Waals surface area contributed by atoms with Crippen molar-refractivity contribution in [1.82, 2.24) is 4.90 Å². The Labute approximate surface area is 166 Å². The third kappa shape index (κ3) is 4.56. The molecule has 6 nitrogen and oxygen atoms in total. The van der Waals surface area contributed by atoms with Gasteiger partial charge in [-0.2, -0.15) is 0 Å². The number of carbonyl (C=O) groups excluding carboxylic acids is 1. The van der Waals surface area contributed by atoms with Gasteiger partial charge in [0.2, 0.25) is 5.91 Å². The zero-order chi connectivity index (χ0) is 19.5. The van der Waals surface area contributed by atoms with E-state index >= 15 is 0 Å². The van der Waals surface area contributed by atoms with E-state index in [0.29, 0.717) is 19.0 Å². The standard InChI is InChI=1S/C22H29N3O3/c1-16-13-18(16)21-8-7-17(28-21)14-24(2)15-22(26)23-19-5-3-4-6-20(19)25-9-11-27-12-10-25/h3-8,16,18H,9-15H2,1-2H3,(H,23,26)/t16-,18-/m0/s1. The number of hydrogen-bond donors (Lipinski definition) is 1. The van der Waals surface area contributed by atoms with Crippen LogP contribution in [0.15, 0.2) is 40.8 Å². The van der Waals surface area contributed by atoms with E-state index in [4.69, 9.17) is 9.15 Å². The Morgan fingerprint density at radius 2 is 1.96 bits per heavy atom. The first-order chi connectivity index (χ1) is 13.6. The van der Waals surface area contributed by atoms with E-state index in [-0.39, 0.29) is 5.91 Å². The van der Waals surface area contributed by atoms with Crippen molar-refractivity contribution in [2.24, 2.45) is 5.92 Å². The van der Waals surface area contributed by atoms with E-state index < -0.39 is 0 Å². The van der Waals surface area contributed by atoms with Crippen LogP contribution >= 0.6 is 0 Å². The minimum Gasteiger partial charge on any atom is -0.464 e. The second-order valence-electron chi connectivity index (χ2n) is 7.96. The zero-order valence-electron chi connectivity index (χ0n) is 16.7. The highest BCUT2D eigenvalue weighted by atomic mass is 16.5. The maximum Gasteiger partial charge on any atom is 0.238 e. The van der Waals surface area contributed by atoms with Gasteiger partial charge in [-0.3, -0.25) is 9.69 Å². The van der Waals surface area contributed by atoms with Gasteiger partial charge < -0.3 is 19.4 Å². The molecule has 1 saturated heterocycles. The van der Waals surface area contributed by atoms with Crippen LogP contribution in [0.3, 0.4) is 0 Å². The van der Waals surface area contributed by atoms with Crippen LogP contribution in [0.25, 0.3) is 0 Å². The predicted octanol–water partition coefficient (Wildman–Crippen LogP) is 3.31. The van der Waals surface area contributed by atoms with Crippen LogP contribution in [0.2, 0.25) is 0 Å². The summed E-state index contributed by atoms with van der Waals surface area (Å²) >= 11 is 0. The first-order valence-corrected chi connectivity index (χ1v) is 10.1. The Hall–Kier alpha value is -2.31. The van der Waals surface area contributed by atoms with Crippen LogP contribution in [0.1, 0.15) is 30.8 Å². The Kier molecular flexibility index (Phi) is 5.69. The first-order valence-electron chi connectivity index (χ1n) is 10.1. The summed E-state index contributed by atoms with van der Waals surface area (Å²) in [6.45, 7) is 6.30. The molecule has 150 valence electrons. The van der Waals surface area contributed by atoms with E-state index in [1.807, 2.05) is 42.3 Å². The molecule has 1 aromatic heterocycles. The molecule has 0 spiro atoms. The Morgan fingerprint density at radius 3 is 2.71 bits per heavy atom. The fraction of sp³-hybridized carbons (Fsp3) is 0.500. The molecule has 2 fully saturated rings. The van der Waals surface area contributed by atoms with Gasteiger partial charge in [0.05, 0.1) is 37.7 Å². The second kappa shape index (κ2) is 8.37. The number of rotatable bonds is 7. The average molecular weight is 383 g/mol. The van der Waals surface area contributed by atoms with Crippen molar-refractivity contribution in [3.8, 4) is 0 Å². The SMILES string of the molecule is C[C@H]1C[C@@H]1c1ccc(CN(C)CC(=O)Nc2ccccc2N2CCOCC2)o1. The number of likely N-dealkylation sites (N-methyl/N-ethyl adjacent to an activating group) is 1. The number of para-hydroxylation sites is 2. The van der Waals surface area contributed by atoms with Crippen LogP contribution in [-0.2, 0) is 16.1 Å². The molecule has 1 N–H and O–H groups in total. The molecule has 0 bridgehead atoms. The summed E-state index contributed by atoms with van der Waals surface area (Å²) in [6.07, 6.45) is 1.22. The lowest BCUT2D eigenvalue weighted by molar-refractivity contribution is -0.117. The topological polar surface area (TPSA) is 58.0 Å². The van der Waals surface area contributed by atoms with E-state index in [9.17, 15) is 4.79 Å². The summed E-state index contributed by atoms with van der Waals surface area (Å²) in [5.41, 5.74) is 1.90.